The number of halogens is 1. The average Bonchev–Trinajstić information content (AvgIpc) is 4.00. The van der Waals surface area contributed by atoms with Crippen LogP contribution in [0.2, 0.25) is 0 Å². The number of nitrogens with two attached hydrogens (primary N) is 1. The van der Waals surface area contributed by atoms with E-state index < -0.39 is 142 Å². The molecule has 1 spiro atoms. The Morgan fingerprint density at radius 3 is 2.19 bits per heavy atom. The summed E-state index contributed by atoms with van der Waals surface area (Å²) in [6.45, 7) is 11.2. The smallest absolute Gasteiger partial charge is 0.341 e. The van der Waals surface area contributed by atoms with Crippen LogP contribution in [0.4, 0.5) is 0 Å². The molecule has 294 valence electrons. The van der Waals surface area contributed by atoms with Gasteiger partial charge in [0.05, 0.1) is 29.3 Å². The van der Waals surface area contributed by atoms with Gasteiger partial charge in [-0.15, -0.1) is 0 Å². The molecule has 0 amide bonds. The lowest BCUT2D eigenvalue weighted by atomic mass is 9.40. The molecule has 21 atom stereocenters. The third kappa shape index (κ3) is 4.22. The minimum atomic E-state index is -2.10. The Kier molecular flexibility index (Phi) is 7.70. The van der Waals surface area contributed by atoms with Crippen molar-refractivity contribution in [2.24, 2.45) is 63.4 Å². The number of hydrogen-bond donors (Lipinski definition) is 4. The molecule has 8 aliphatic rings. The van der Waals surface area contributed by atoms with Gasteiger partial charge in [0.25, 0.3) is 0 Å². The zero-order valence-electron chi connectivity index (χ0n) is 31.1. The Morgan fingerprint density at radius 1 is 0.907 bits per heavy atom. The van der Waals surface area contributed by atoms with Crippen molar-refractivity contribution in [2.75, 3.05) is 0 Å². The zero-order valence-corrected chi connectivity index (χ0v) is 32.7. The molecular weight excluding hydrogens is 770 g/mol. The molecule has 5 N–H and O–H groups in total. The minimum absolute atomic E-state index is 0.260. The molecule has 9 rings (SSSR count). The maximum Gasteiger partial charge on any atom is 0.341 e. The van der Waals surface area contributed by atoms with E-state index in [2.05, 4.69) is 15.9 Å². The number of esters is 4. The Hall–Kier alpha value is -2.66. The van der Waals surface area contributed by atoms with E-state index in [-0.39, 0.29) is 11.7 Å². The molecular formula is C39H48BrNO13. The number of ether oxygens (including phenoxy) is 6. The molecule has 3 aliphatic heterocycles. The third-order valence-electron chi connectivity index (χ3n) is 16.1. The molecule has 0 radical (unpaired) electrons. The van der Waals surface area contributed by atoms with E-state index in [1.165, 1.54) is 20.8 Å². The molecule has 5 aliphatic carbocycles. The predicted octanol–water partition coefficient (Wildman–Crippen LogP) is 1.87. The first-order valence-electron chi connectivity index (χ1n) is 18.9. The molecule has 3 heterocycles. The number of benzene rings is 1. The lowest BCUT2D eigenvalue weighted by molar-refractivity contribution is -0.283. The summed E-state index contributed by atoms with van der Waals surface area (Å²) in [7, 11) is 0. The van der Waals surface area contributed by atoms with Crippen LogP contribution in [-0.4, -0.2) is 105 Å². The molecule has 2 unspecified atom stereocenters. The molecule has 8 fully saturated rings. The Labute approximate surface area is 320 Å². The fourth-order valence-corrected chi connectivity index (χ4v) is 14.0. The standard InChI is InChI=1S/C39H48BrNO13/c1-13-21-24(37(6)38(7,48)34(47)54-39(37)31(13)53-39)26(44)22-20-23(29(49-14(2)42)32(36(21,22)5)50-15(3)43)35(4)18(12-19-27(51-19)30(35)45)25(41)28(20)52-33(46)16-8-10-17(40)11-9-16/h8-11,13,18-32,44-45,48H,12,41H2,1-7H3/t13-,18+,19-,20?,21-,22+,23?,24-,25+,26+,27-,28+,29-,30-,31+,32-,35-,36+,37-,38+,39-/m0/s1. The molecule has 15 heteroatoms. The number of carbonyl (C=O) groups is 4. The SMILES string of the molecule is CC(=O)O[C@H]1C2C([C@@H](OC(=O)c3ccc(Br)cc3)[C@H](N)[C@H]3C[C@@H]4O[C@@H]4[C@H](O)[C@]23C)[C@@H]2[C@@H](O)[C@@H]3[C@H]([C@H](C)[C@H]4O[C@]45OC(=O)[C@@](C)(O)[C@]35C)[C@@]2(C)[C@H]1OC(C)=O. The van der Waals surface area contributed by atoms with E-state index in [1.54, 1.807) is 31.2 Å². The van der Waals surface area contributed by atoms with Gasteiger partial charge in [-0.05, 0) is 62.3 Å². The van der Waals surface area contributed by atoms with Crippen LogP contribution in [0.3, 0.4) is 0 Å². The Balaban J connectivity index is 1.29. The molecule has 5 saturated carbocycles. The fourth-order valence-electron chi connectivity index (χ4n) is 13.8. The number of rotatable bonds is 4. The van der Waals surface area contributed by atoms with Gasteiger partial charge in [-0.3, -0.25) is 9.59 Å². The van der Waals surface area contributed by atoms with Gasteiger partial charge in [-0.25, -0.2) is 9.59 Å². The van der Waals surface area contributed by atoms with Gasteiger partial charge < -0.3 is 49.5 Å². The maximum absolute atomic E-state index is 14.1. The van der Waals surface area contributed by atoms with Crippen LogP contribution in [0, 0.1) is 57.7 Å². The topological polar surface area (TPSA) is 217 Å². The van der Waals surface area contributed by atoms with Gasteiger partial charge in [-0.1, -0.05) is 36.7 Å². The van der Waals surface area contributed by atoms with Crippen LogP contribution in [0.15, 0.2) is 28.7 Å². The first-order valence-corrected chi connectivity index (χ1v) is 19.7. The molecule has 0 aromatic heterocycles. The maximum atomic E-state index is 14.1. The first kappa shape index (κ1) is 36.9. The molecule has 3 saturated heterocycles. The first-order chi connectivity index (χ1) is 25.2. The van der Waals surface area contributed by atoms with Crippen LogP contribution < -0.4 is 5.73 Å². The summed E-state index contributed by atoms with van der Waals surface area (Å²) in [6.07, 6.45) is -7.02. The third-order valence-corrected chi connectivity index (χ3v) is 16.6. The largest absolute Gasteiger partial charge is 0.458 e. The van der Waals surface area contributed by atoms with Gasteiger partial charge in [0, 0.05) is 58.9 Å². The molecule has 14 nitrogen and oxygen atoms in total. The quantitative estimate of drug-likeness (QED) is 0.194. The van der Waals surface area contributed by atoms with Crippen molar-refractivity contribution < 1.29 is 62.9 Å². The summed E-state index contributed by atoms with van der Waals surface area (Å²) in [6, 6.07) is 5.78. The molecule has 1 aromatic rings. The van der Waals surface area contributed by atoms with Crippen molar-refractivity contribution in [2.45, 2.75) is 121 Å². The summed E-state index contributed by atoms with van der Waals surface area (Å²) in [5.41, 5.74) is 1.50. The van der Waals surface area contributed by atoms with Crippen molar-refractivity contribution in [3.8, 4) is 0 Å². The van der Waals surface area contributed by atoms with Crippen LogP contribution in [-0.2, 0) is 42.8 Å². The van der Waals surface area contributed by atoms with Crippen molar-refractivity contribution >= 4 is 39.8 Å². The highest BCUT2D eigenvalue weighted by Gasteiger charge is 2.93. The highest BCUT2D eigenvalue weighted by molar-refractivity contribution is 9.10. The van der Waals surface area contributed by atoms with E-state index in [0.29, 0.717) is 6.42 Å². The highest BCUT2D eigenvalue weighted by atomic mass is 79.9. The van der Waals surface area contributed by atoms with E-state index in [1.807, 2.05) is 20.8 Å². The molecule has 0 bridgehead atoms. The van der Waals surface area contributed by atoms with Crippen LogP contribution >= 0.6 is 15.9 Å². The van der Waals surface area contributed by atoms with Gasteiger partial charge in [-0.2, -0.15) is 0 Å². The van der Waals surface area contributed by atoms with Crippen LogP contribution in [0.25, 0.3) is 0 Å². The second-order valence-corrected chi connectivity index (χ2v) is 19.0. The van der Waals surface area contributed by atoms with Gasteiger partial charge in [0.15, 0.2) is 5.60 Å². The van der Waals surface area contributed by atoms with E-state index in [4.69, 9.17) is 34.2 Å². The number of hydrogen-bond acceptors (Lipinski definition) is 14. The minimum Gasteiger partial charge on any atom is -0.458 e. The number of carbonyl (C=O) groups excluding carboxylic acids is 4. The predicted molar refractivity (Wildman–Crippen MR) is 186 cm³/mol. The van der Waals surface area contributed by atoms with E-state index >= 15 is 0 Å². The monoisotopic (exact) mass is 817 g/mol. The Bertz CT molecular complexity index is 1840. The lowest BCUT2D eigenvalue weighted by Crippen LogP contribution is -2.76. The second-order valence-electron chi connectivity index (χ2n) is 18.1. The number of epoxide rings is 2. The molecule has 1 aromatic carbocycles. The van der Waals surface area contributed by atoms with E-state index in [9.17, 15) is 34.5 Å². The number of fused-ring (bicyclic) bond motifs is 9. The summed E-state index contributed by atoms with van der Waals surface area (Å²) in [5, 5.41) is 37.5. The Morgan fingerprint density at radius 2 is 1.56 bits per heavy atom. The van der Waals surface area contributed by atoms with Gasteiger partial charge in [0.1, 0.15) is 30.5 Å². The number of aliphatic hydroxyl groups excluding tert-OH is 2. The summed E-state index contributed by atoms with van der Waals surface area (Å²) in [4.78, 5) is 54.1. The van der Waals surface area contributed by atoms with Crippen molar-refractivity contribution in [3.63, 3.8) is 0 Å². The van der Waals surface area contributed by atoms with Crippen LogP contribution in [0.1, 0.15) is 65.2 Å². The summed E-state index contributed by atoms with van der Waals surface area (Å²) >= 11 is 3.41. The normalized spacial score (nSPS) is 55.6. The van der Waals surface area contributed by atoms with Gasteiger partial charge in [0.2, 0.25) is 5.79 Å². The van der Waals surface area contributed by atoms with Crippen LogP contribution in [0.5, 0.6) is 0 Å². The van der Waals surface area contributed by atoms with Crippen molar-refractivity contribution in [1.82, 2.24) is 0 Å². The summed E-state index contributed by atoms with van der Waals surface area (Å²) < 4.78 is 38.0. The highest BCUT2D eigenvalue weighted by Crippen LogP contribution is 2.80. The lowest BCUT2D eigenvalue weighted by Gasteiger charge is -2.67. The van der Waals surface area contributed by atoms with Crippen molar-refractivity contribution in [1.29, 1.82) is 0 Å². The zero-order chi connectivity index (χ0) is 39.0. The van der Waals surface area contributed by atoms with Gasteiger partial charge >= 0.3 is 23.9 Å². The number of aliphatic hydroxyl groups is 3. The molecule has 54 heavy (non-hydrogen) atoms. The average molecular weight is 819 g/mol. The van der Waals surface area contributed by atoms with E-state index in [0.717, 1.165) is 4.47 Å². The fraction of sp³-hybridized carbons (Fsp3) is 0.744. The second kappa shape index (κ2) is 11.3. The van der Waals surface area contributed by atoms with Crippen molar-refractivity contribution in [3.05, 3.63) is 34.3 Å². The summed E-state index contributed by atoms with van der Waals surface area (Å²) in [5.74, 6) is -9.59.